The molecule has 3 heterocycles. The van der Waals surface area contributed by atoms with Gasteiger partial charge in [-0.25, -0.2) is 14.5 Å². The number of nitrogens with zero attached hydrogens (tertiary/aromatic N) is 4. The molecule has 1 aliphatic rings. The first kappa shape index (κ1) is 23.6. The van der Waals surface area contributed by atoms with Gasteiger partial charge in [0, 0.05) is 17.5 Å². The number of methoxy groups -OCH3 is 2. The summed E-state index contributed by atoms with van der Waals surface area (Å²) < 4.78 is 24.9. The van der Waals surface area contributed by atoms with Crippen LogP contribution in [0.25, 0.3) is 5.65 Å². The van der Waals surface area contributed by atoms with Gasteiger partial charge in [0.05, 0.1) is 19.8 Å². The molecule has 0 fully saturated rings. The van der Waals surface area contributed by atoms with Gasteiger partial charge in [-0.2, -0.15) is 0 Å². The fourth-order valence-electron chi connectivity index (χ4n) is 4.81. The van der Waals surface area contributed by atoms with Gasteiger partial charge in [0.1, 0.15) is 30.2 Å². The van der Waals surface area contributed by atoms with Crippen LogP contribution in [-0.4, -0.2) is 38.9 Å². The van der Waals surface area contributed by atoms with E-state index >= 15 is 0 Å². The van der Waals surface area contributed by atoms with Gasteiger partial charge in [-0.1, -0.05) is 24.3 Å². The van der Waals surface area contributed by atoms with Gasteiger partial charge >= 0.3 is 0 Å². The quantitative estimate of drug-likeness (QED) is 0.321. The number of aromatic hydroxyl groups is 1. The lowest BCUT2D eigenvalue weighted by atomic mass is 9.83. The third-order valence-electron chi connectivity index (χ3n) is 6.89. The lowest BCUT2D eigenvalue weighted by Gasteiger charge is -2.28. The molecule has 192 valence electrons. The van der Waals surface area contributed by atoms with Crippen molar-refractivity contribution in [2.24, 2.45) is 0 Å². The highest BCUT2D eigenvalue weighted by molar-refractivity contribution is 5.67. The maximum Gasteiger partial charge on any atom is 0.228 e. The molecular weight excluding hydrogens is 484 g/mol. The molecule has 0 bridgehead atoms. The Bertz CT molecular complexity index is 1680. The summed E-state index contributed by atoms with van der Waals surface area (Å²) in [5.41, 5.74) is 5.37. The lowest BCUT2D eigenvalue weighted by Crippen LogP contribution is -2.15. The van der Waals surface area contributed by atoms with Crippen LogP contribution >= 0.6 is 0 Å². The third kappa shape index (κ3) is 3.92. The number of phenolic OH excluding ortho intramolecular Hbond substituents is 1. The fourth-order valence-corrected chi connectivity index (χ4v) is 4.81. The number of ether oxygens (including phenoxy) is 4. The predicted octanol–water partition coefficient (Wildman–Crippen LogP) is 5.33. The Hall–Kier alpha value is -4.79. The van der Waals surface area contributed by atoms with E-state index in [0.717, 1.165) is 33.6 Å². The first-order valence-corrected chi connectivity index (χ1v) is 12.1. The molecule has 0 spiro atoms. The standard InChI is InChI=1S/C29H26N4O5/c1-16-6-5-7-21(17(16)2)37-14-25-31-28-27-26(18-8-11-22(35-3)24(12-18)36-4)20-10-9-19(34)13-23(20)38-29(27)30-15-33(28)32-25/h5-13,15,26,34H,14H2,1-4H3. The van der Waals surface area contributed by atoms with Crippen molar-refractivity contribution >= 4 is 5.65 Å². The minimum atomic E-state index is -0.317. The molecule has 1 N–H and O–H groups in total. The lowest BCUT2D eigenvalue weighted by molar-refractivity contribution is 0.294. The molecule has 0 radical (unpaired) electrons. The SMILES string of the molecule is COc1ccc(C2c3ccc(O)cc3Oc3ncn4nc(COc5cccc(C)c5C)nc4c32)cc1OC. The monoisotopic (exact) mass is 510 g/mol. The Kier molecular flexibility index (Phi) is 5.75. The van der Waals surface area contributed by atoms with Crippen LogP contribution in [0.15, 0.2) is 60.9 Å². The molecule has 0 aliphatic carbocycles. The molecule has 0 amide bonds. The van der Waals surface area contributed by atoms with Crippen LogP contribution in [0.5, 0.6) is 34.6 Å². The van der Waals surface area contributed by atoms with Crippen molar-refractivity contribution in [2.45, 2.75) is 26.4 Å². The second kappa shape index (κ2) is 9.26. The first-order chi connectivity index (χ1) is 18.5. The summed E-state index contributed by atoms with van der Waals surface area (Å²) in [6, 6.07) is 16.8. The second-order valence-electron chi connectivity index (χ2n) is 9.12. The average molecular weight is 511 g/mol. The molecular formula is C29H26N4O5. The van der Waals surface area contributed by atoms with E-state index in [1.807, 2.05) is 43.3 Å². The summed E-state index contributed by atoms with van der Waals surface area (Å²) in [5.74, 6) is 3.24. The molecule has 38 heavy (non-hydrogen) atoms. The molecule has 1 aliphatic heterocycles. The largest absolute Gasteiger partial charge is 0.508 e. The predicted molar refractivity (Wildman–Crippen MR) is 140 cm³/mol. The number of benzene rings is 3. The Morgan fingerprint density at radius 2 is 1.82 bits per heavy atom. The second-order valence-corrected chi connectivity index (χ2v) is 9.12. The molecule has 3 aromatic carbocycles. The van der Waals surface area contributed by atoms with Crippen molar-refractivity contribution in [3.63, 3.8) is 0 Å². The molecule has 2 aromatic heterocycles. The van der Waals surface area contributed by atoms with Crippen molar-refractivity contribution in [2.75, 3.05) is 14.2 Å². The Balaban J connectivity index is 1.47. The summed E-state index contributed by atoms with van der Waals surface area (Å²) in [5, 5.41) is 14.8. The van der Waals surface area contributed by atoms with Gasteiger partial charge in [0.15, 0.2) is 23.0 Å². The van der Waals surface area contributed by atoms with Gasteiger partial charge in [0.2, 0.25) is 5.88 Å². The minimum absolute atomic E-state index is 0.104. The van der Waals surface area contributed by atoms with Gasteiger partial charge in [-0.3, -0.25) is 0 Å². The van der Waals surface area contributed by atoms with Crippen molar-refractivity contribution in [3.8, 4) is 34.6 Å². The summed E-state index contributed by atoms with van der Waals surface area (Å²) in [6.45, 7) is 4.28. The maximum absolute atomic E-state index is 10.1. The van der Waals surface area contributed by atoms with Crippen LogP contribution < -0.4 is 18.9 Å². The van der Waals surface area contributed by atoms with Crippen molar-refractivity contribution in [1.82, 2.24) is 19.6 Å². The highest BCUT2D eigenvalue weighted by Gasteiger charge is 2.34. The van der Waals surface area contributed by atoms with Gasteiger partial charge in [-0.15, -0.1) is 5.10 Å². The topological polar surface area (TPSA) is 100 Å². The van der Waals surface area contributed by atoms with Crippen LogP contribution in [-0.2, 0) is 6.61 Å². The van der Waals surface area contributed by atoms with Crippen LogP contribution in [0.2, 0.25) is 0 Å². The number of rotatable bonds is 6. The number of aromatic nitrogens is 4. The number of fused-ring (bicyclic) bond motifs is 4. The van der Waals surface area contributed by atoms with Gasteiger partial charge < -0.3 is 24.1 Å². The van der Waals surface area contributed by atoms with E-state index in [1.54, 1.807) is 37.2 Å². The van der Waals surface area contributed by atoms with E-state index in [9.17, 15) is 5.11 Å². The van der Waals surface area contributed by atoms with Crippen LogP contribution in [0.1, 0.15) is 39.6 Å². The number of hydrogen-bond acceptors (Lipinski definition) is 8. The van der Waals surface area contributed by atoms with Gasteiger partial charge in [0.25, 0.3) is 0 Å². The molecule has 6 rings (SSSR count). The van der Waals surface area contributed by atoms with Crippen LogP contribution in [0.4, 0.5) is 0 Å². The van der Waals surface area contributed by atoms with E-state index in [2.05, 4.69) is 23.1 Å². The first-order valence-electron chi connectivity index (χ1n) is 12.1. The zero-order valence-corrected chi connectivity index (χ0v) is 21.4. The Morgan fingerprint density at radius 1 is 0.974 bits per heavy atom. The van der Waals surface area contributed by atoms with Crippen LogP contribution in [0.3, 0.4) is 0 Å². The van der Waals surface area contributed by atoms with E-state index in [4.69, 9.17) is 23.9 Å². The molecule has 1 atom stereocenters. The minimum Gasteiger partial charge on any atom is -0.508 e. The van der Waals surface area contributed by atoms with E-state index in [0.29, 0.717) is 34.6 Å². The summed E-state index contributed by atoms with van der Waals surface area (Å²) in [4.78, 5) is 9.38. The van der Waals surface area contributed by atoms with Gasteiger partial charge in [-0.05, 0) is 54.8 Å². The highest BCUT2D eigenvalue weighted by Crippen LogP contribution is 2.49. The van der Waals surface area contributed by atoms with E-state index in [-0.39, 0.29) is 18.3 Å². The average Bonchev–Trinajstić information content (AvgIpc) is 3.35. The molecule has 5 aromatic rings. The molecule has 9 heteroatoms. The molecule has 9 nitrogen and oxygen atoms in total. The van der Waals surface area contributed by atoms with Crippen molar-refractivity contribution < 1.29 is 24.1 Å². The molecule has 1 unspecified atom stereocenters. The van der Waals surface area contributed by atoms with E-state index in [1.165, 1.54) is 0 Å². The smallest absolute Gasteiger partial charge is 0.228 e. The number of aryl methyl sites for hydroxylation is 1. The molecule has 0 saturated carbocycles. The Labute approximate surface area is 219 Å². The zero-order chi connectivity index (χ0) is 26.4. The normalized spacial score (nSPS) is 13.9. The van der Waals surface area contributed by atoms with Crippen molar-refractivity contribution in [3.05, 3.63) is 94.6 Å². The molecule has 0 saturated heterocycles. The third-order valence-corrected chi connectivity index (χ3v) is 6.89. The number of phenols is 1. The van der Waals surface area contributed by atoms with Crippen molar-refractivity contribution in [1.29, 1.82) is 0 Å². The maximum atomic E-state index is 10.1. The Morgan fingerprint density at radius 3 is 2.63 bits per heavy atom. The fraction of sp³-hybridized carbons (Fsp3) is 0.207. The zero-order valence-electron chi connectivity index (χ0n) is 21.4. The van der Waals surface area contributed by atoms with Crippen LogP contribution in [0, 0.1) is 13.8 Å². The summed E-state index contributed by atoms with van der Waals surface area (Å²) in [6.07, 6.45) is 1.57. The number of hydrogen-bond donors (Lipinski definition) is 1. The highest BCUT2D eigenvalue weighted by atomic mass is 16.5. The summed E-state index contributed by atoms with van der Waals surface area (Å²) in [7, 11) is 3.21. The summed E-state index contributed by atoms with van der Waals surface area (Å²) >= 11 is 0. The van der Waals surface area contributed by atoms with E-state index < -0.39 is 0 Å².